The second-order valence-corrected chi connectivity index (χ2v) is 6.08. The Morgan fingerprint density at radius 1 is 1.44 bits per heavy atom. The molecule has 2 nitrogen and oxygen atoms in total. The molecule has 1 aromatic carbocycles. The molecule has 0 aliphatic carbocycles. The molecule has 1 aromatic heterocycles. The Morgan fingerprint density at radius 2 is 2.12 bits per heavy atom. The van der Waals surface area contributed by atoms with Gasteiger partial charge in [-0.05, 0) is 32.0 Å². The van der Waals surface area contributed by atoms with Crippen molar-refractivity contribution in [3.63, 3.8) is 0 Å². The summed E-state index contributed by atoms with van der Waals surface area (Å²) in [6.07, 6.45) is 0. The lowest BCUT2D eigenvalue weighted by Gasteiger charge is -2.02. The number of ketones is 1. The van der Waals surface area contributed by atoms with Gasteiger partial charge in [-0.3, -0.25) is 4.79 Å². The summed E-state index contributed by atoms with van der Waals surface area (Å²) in [7, 11) is 0. The maximum absolute atomic E-state index is 12.1. The van der Waals surface area contributed by atoms with E-state index in [2.05, 4.69) is 36.8 Å². The third-order valence-corrected chi connectivity index (χ3v) is 3.46. The Kier molecular flexibility index (Phi) is 3.22. The Morgan fingerprint density at radius 3 is 2.75 bits per heavy atom. The highest BCUT2D eigenvalue weighted by Gasteiger charge is 2.19. The summed E-state index contributed by atoms with van der Waals surface area (Å²) in [6.45, 7) is 3.77. The van der Waals surface area contributed by atoms with Crippen LogP contribution >= 0.6 is 31.9 Å². The number of benzene rings is 1. The standard InChI is InChI=1S/C12H11Br2NO/c1-6(13)12(16)11-7(2)15-10-4-3-8(14)5-9(10)11/h3-6,15H,1-2H3/t6-/m1/s1. The number of hydrogen-bond donors (Lipinski definition) is 1. The highest BCUT2D eigenvalue weighted by atomic mass is 79.9. The highest BCUT2D eigenvalue weighted by molar-refractivity contribution is 9.10. The number of aryl methyl sites for hydroxylation is 1. The predicted octanol–water partition coefficient (Wildman–Crippen LogP) is 4.20. The van der Waals surface area contributed by atoms with Gasteiger partial charge in [0, 0.05) is 26.6 Å². The van der Waals surface area contributed by atoms with E-state index in [0.717, 1.165) is 26.6 Å². The summed E-state index contributed by atoms with van der Waals surface area (Å²) >= 11 is 6.75. The minimum absolute atomic E-state index is 0.113. The van der Waals surface area contributed by atoms with E-state index < -0.39 is 0 Å². The molecule has 0 fully saturated rings. The van der Waals surface area contributed by atoms with E-state index >= 15 is 0 Å². The Labute approximate surface area is 111 Å². The zero-order valence-electron chi connectivity index (χ0n) is 8.97. The van der Waals surface area contributed by atoms with Gasteiger partial charge in [0.05, 0.1) is 4.83 Å². The summed E-state index contributed by atoms with van der Waals surface area (Å²) < 4.78 is 0.982. The van der Waals surface area contributed by atoms with Crippen LogP contribution in [0.2, 0.25) is 0 Å². The van der Waals surface area contributed by atoms with E-state index in [4.69, 9.17) is 0 Å². The molecule has 1 atom stereocenters. The van der Waals surface area contributed by atoms with Gasteiger partial charge in [-0.1, -0.05) is 31.9 Å². The monoisotopic (exact) mass is 343 g/mol. The summed E-state index contributed by atoms with van der Waals surface area (Å²) in [4.78, 5) is 15.1. The molecule has 1 heterocycles. The van der Waals surface area contributed by atoms with Crippen molar-refractivity contribution in [3.05, 3.63) is 33.9 Å². The lowest BCUT2D eigenvalue weighted by atomic mass is 10.1. The van der Waals surface area contributed by atoms with Crippen LogP contribution in [0.5, 0.6) is 0 Å². The second kappa shape index (κ2) is 4.34. The van der Waals surface area contributed by atoms with Crippen LogP contribution in [-0.2, 0) is 0 Å². The van der Waals surface area contributed by atoms with E-state index in [1.807, 2.05) is 32.0 Å². The van der Waals surface area contributed by atoms with Gasteiger partial charge in [0.2, 0.25) is 0 Å². The number of carbonyl (C=O) groups excluding carboxylic acids is 1. The van der Waals surface area contributed by atoms with Crippen molar-refractivity contribution in [2.45, 2.75) is 18.7 Å². The first-order valence-corrected chi connectivity index (χ1v) is 6.67. The molecule has 0 aliphatic heterocycles. The molecule has 0 spiro atoms. The highest BCUT2D eigenvalue weighted by Crippen LogP contribution is 2.27. The molecule has 2 rings (SSSR count). The molecule has 0 saturated carbocycles. The SMILES string of the molecule is Cc1[nH]c2ccc(Br)cc2c1C(=O)[C@@H](C)Br. The normalized spacial score (nSPS) is 13.0. The van der Waals surface area contributed by atoms with Gasteiger partial charge in [0.25, 0.3) is 0 Å². The van der Waals surface area contributed by atoms with E-state index in [0.29, 0.717) is 0 Å². The first kappa shape index (κ1) is 11.9. The lowest BCUT2D eigenvalue weighted by molar-refractivity contribution is 0.0997. The van der Waals surface area contributed by atoms with Crippen molar-refractivity contribution in [2.75, 3.05) is 0 Å². The minimum atomic E-state index is -0.163. The number of fused-ring (bicyclic) bond motifs is 1. The van der Waals surface area contributed by atoms with Crippen molar-refractivity contribution in [2.24, 2.45) is 0 Å². The minimum Gasteiger partial charge on any atom is -0.358 e. The van der Waals surface area contributed by atoms with E-state index in [-0.39, 0.29) is 10.6 Å². The molecular weight excluding hydrogens is 334 g/mol. The van der Waals surface area contributed by atoms with Gasteiger partial charge in [0.1, 0.15) is 0 Å². The third-order valence-electron chi connectivity index (χ3n) is 2.56. The average Bonchev–Trinajstić information content (AvgIpc) is 2.52. The number of hydrogen-bond acceptors (Lipinski definition) is 1. The molecule has 0 amide bonds. The summed E-state index contributed by atoms with van der Waals surface area (Å²) in [6, 6.07) is 5.91. The first-order valence-electron chi connectivity index (χ1n) is 4.97. The Hall–Kier alpha value is -0.610. The van der Waals surface area contributed by atoms with Gasteiger partial charge in [-0.2, -0.15) is 0 Å². The van der Waals surface area contributed by atoms with Crippen LogP contribution in [0.4, 0.5) is 0 Å². The van der Waals surface area contributed by atoms with Crippen molar-refractivity contribution < 1.29 is 4.79 Å². The number of aromatic amines is 1. The second-order valence-electron chi connectivity index (χ2n) is 3.80. The molecular formula is C12H11Br2NO. The zero-order valence-corrected chi connectivity index (χ0v) is 12.1. The smallest absolute Gasteiger partial charge is 0.178 e. The molecule has 16 heavy (non-hydrogen) atoms. The molecule has 84 valence electrons. The molecule has 0 bridgehead atoms. The number of nitrogens with one attached hydrogen (secondary N) is 1. The van der Waals surface area contributed by atoms with Crippen molar-refractivity contribution in [3.8, 4) is 0 Å². The van der Waals surface area contributed by atoms with Crippen LogP contribution < -0.4 is 0 Å². The van der Waals surface area contributed by atoms with E-state index in [1.54, 1.807) is 0 Å². The molecule has 0 saturated heterocycles. The van der Waals surface area contributed by atoms with Crippen LogP contribution in [0.1, 0.15) is 23.0 Å². The van der Waals surface area contributed by atoms with Crippen LogP contribution in [0, 0.1) is 6.92 Å². The molecule has 0 radical (unpaired) electrons. The van der Waals surface area contributed by atoms with Crippen LogP contribution in [-0.4, -0.2) is 15.6 Å². The molecule has 0 unspecified atom stereocenters. The number of rotatable bonds is 2. The maximum Gasteiger partial charge on any atom is 0.178 e. The van der Waals surface area contributed by atoms with Crippen molar-refractivity contribution in [1.82, 2.24) is 4.98 Å². The number of carbonyl (C=O) groups is 1. The third kappa shape index (κ3) is 1.96. The fourth-order valence-corrected chi connectivity index (χ4v) is 2.41. The largest absolute Gasteiger partial charge is 0.358 e. The quantitative estimate of drug-likeness (QED) is 0.642. The maximum atomic E-state index is 12.1. The molecule has 2 aromatic rings. The number of H-pyrrole nitrogens is 1. The Bertz CT molecular complexity index is 557. The van der Waals surface area contributed by atoms with Crippen molar-refractivity contribution >= 4 is 48.5 Å². The van der Waals surface area contributed by atoms with Gasteiger partial charge in [-0.15, -0.1) is 0 Å². The van der Waals surface area contributed by atoms with E-state index in [1.165, 1.54) is 0 Å². The van der Waals surface area contributed by atoms with Crippen LogP contribution in [0.25, 0.3) is 10.9 Å². The van der Waals surface area contributed by atoms with Crippen LogP contribution in [0.3, 0.4) is 0 Å². The molecule has 4 heteroatoms. The van der Waals surface area contributed by atoms with Crippen molar-refractivity contribution in [1.29, 1.82) is 0 Å². The number of alkyl halides is 1. The fourth-order valence-electron chi connectivity index (χ4n) is 1.82. The number of aromatic nitrogens is 1. The number of halogens is 2. The summed E-state index contributed by atoms with van der Waals surface area (Å²) in [5.74, 6) is 0.113. The topological polar surface area (TPSA) is 32.9 Å². The van der Waals surface area contributed by atoms with Gasteiger partial charge in [0.15, 0.2) is 5.78 Å². The van der Waals surface area contributed by atoms with Gasteiger partial charge < -0.3 is 4.98 Å². The average molecular weight is 345 g/mol. The Balaban J connectivity index is 2.72. The van der Waals surface area contributed by atoms with Gasteiger partial charge >= 0.3 is 0 Å². The molecule has 0 aliphatic rings. The van der Waals surface area contributed by atoms with Crippen LogP contribution in [0.15, 0.2) is 22.7 Å². The first-order chi connectivity index (χ1) is 7.50. The summed E-state index contributed by atoms with van der Waals surface area (Å²) in [5.41, 5.74) is 2.70. The fraction of sp³-hybridized carbons (Fsp3) is 0.250. The lowest BCUT2D eigenvalue weighted by Crippen LogP contribution is -2.10. The zero-order chi connectivity index (χ0) is 11.9. The predicted molar refractivity (Wildman–Crippen MR) is 73.5 cm³/mol. The summed E-state index contributed by atoms with van der Waals surface area (Å²) in [5, 5.41) is 0.975. The van der Waals surface area contributed by atoms with E-state index in [9.17, 15) is 4.79 Å². The molecule has 1 N–H and O–H groups in total. The number of Topliss-reactive ketones (excluding diaryl/α,β-unsaturated/α-hetero) is 1. The van der Waals surface area contributed by atoms with Gasteiger partial charge in [-0.25, -0.2) is 0 Å².